The quantitative estimate of drug-likeness (QED) is 0.410. The van der Waals surface area contributed by atoms with E-state index in [4.69, 9.17) is 0 Å². The van der Waals surface area contributed by atoms with E-state index in [9.17, 15) is 30.7 Å². The van der Waals surface area contributed by atoms with E-state index in [0.717, 1.165) is 0 Å². The molecule has 152 valence electrons. The highest BCUT2D eigenvalue weighted by molar-refractivity contribution is 4.94. The molecule has 0 saturated heterocycles. The molecule has 0 heterocycles. The van der Waals surface area contributed by atoms with Gasteiger partial charge in [-0.2, -0.15) is 8.78 Å². The van der Waals surface area contributed by atoms with Crippen molar-refractivity contribution in [2.75, 3.05) is 0 Å². The Hall–Kier alpha value is -0.790. The van der Waals surface area contributed by atoms with Gasteiger partial charge in [-0.3, -0.25) is 0 Å². The van der Waals surface area contributed by atoms with Gasteiger partial charge >= 0.3 is 6.11 Å². The second-order valence-corrected chi connectivity index (χ2v) is 7.29. The third-order valence-corrected chi connectivity index (χ3v) is 5.25. The Kier molecular flexibility index (Phi) is 7.39. The second-order valence-electron chi connectivity index (χ2n) is 7.29. The summed E-state index contributed by atoms with van der Waals surface area (Å²) in [5, 5.41) is 0. The van der Waals surface area contributed by atoms with Gasteiger partial charge in [-0.1, -0.05) is 12.2 Å². The van der Waals surface area contributed by atoms with E-state index in [1.165, 1.54) is 0 Å². The third kappa shape index (κ3) is 5.14. The first kappa shape index (κ1) is 21.5. The number of halogens is 7. The lowest BCUT2D eigenvalue weighted by atomic mass is 9.76. The van der Waals surface area contributed by atoms with Crippen LogP contribution >= 0.6 is 0 Å². The number of hydrogen-bond donors (Lipinski definition) is 0. The SMILES string of the molecule is C/C=C/CCC1CC(F)C(C(F)(F)OC2CC(F)C(F)C(F)C2)C(F)C1. The molecule has 0 aromatic heterocycles. The van der Waals surface area contributed by atoms with Gasteiger partial charge in [0.05, 0.1) is 6.10 Å². The molecule has 0 aromatic rings. The van der Waals surface area contributed by atoms with E-state index in [0.29, 0.717) is 12.8 Å². The Bertz CT molecular complexity index is 448. The lowest BCUT2D eigenvalue weighted by molar-refractivity contribution is -0.322. The van der Waals surface area contributed by atoms with Gasteiger partial charge < -0.3 is 4.74 Å². The molecule has 26 heavy (non-hydrogen) atoms. The van der Waals surface area contributed by atoms with Crippen molar-refractivity contribution in [3.05, 3.63) is 12.2 Å². The Balaban J connectivity index is 1.97. The van der Waals surface area contributed by atoms with Crippen molar-refractivity contribution in [2.45, 2.75) is 88.5 Å². The summed E-state index contributed by atoms with van der Waals surface area (Å²) in [5.41, 5.74) is 0. The van der Waals surface area contributed by atoms with Crippen molar-refractivity contribution in [1.82, 2.24) is 0 Å². The minimum atomic E-state index is -4.21. The fraction of sp³-hybridized carbons (Fsp3) is 0.889. The predicted molar refractivity (Wildman–Crippen MR) is 83.8 cm³/mol. The molecule has 1 nitrogen and oxygen atoms in total. The van der Waals surface area contributed by atoms with Gasteiger partial charge in [0.15, 0.2) is 6.17 Å². The first-order valence-corrected chi connectivity index (χ1v) is 9.02. The van der Waals surface area contributed by atoms with Crippen LogP contribution in [0, 0.1) is 11.8 Å². The molecule has 2 aliphatic rings. The highest BCUT2D eigenvalue weighted by Gasteiger charge is 2.56. The molecule has 8 heteroatoms. The van der Waals surface area contributed by atoms with E-state index in [1.807, 2.05) is 13.0 Å². The summed E-state index contributed by atoms with van der Waals surface area (Å²) in [6.45, 7) is 1.81. The second kappa shape index (κ2) is 8.93. The maximum Gasteiger partial charge on any atom is 0.364 e. The monoisotopic (exact) mass is 390 g/mol. The zero-order valence-electron chi connectivity index (χ0n) is 14.6. The first-order chi connectivity index (χ1) is 12.2. The average Bonchev–Trinajstić information content (AvgIpc) is 2.51. The van der Waals surface area contributed by atoms with Crippen LogP contribution in [-0.2, 0) is 4.74 Å². The molecule has 0 bridgehead atoms. The molecular formula is C18H25F7O. The number of hydrogen-bond acceptors (Lipinski definition) is 1. The maximum absolute atomic E-state index is 14.3. The summed E-state index contributed by atoms with van der Waals surface area (Å²) in [6.07, 6.45) is -14.2. The summed E-state index contributed by atoms with van der Waals surface area (Å²) < 4.78 is 101. The summed E-state index contributed by atoms with van der Waals surface area (Å²) in [5.74, 6) is -2.67. The van der Waals surface area contributed by atoms with Gasteiger partial charge in [0.1, 0.15) is 30.6 Å². The molecule has 2 aliphatic carbocycles. The molecule has 0 aliphatic heterocycles. The molecule has 0 radical (unpaired) electrons. The van der Waals surface area contributed by atoms with Crippen molar-refractivity contribution >= 4 is 0 Å². The van der Waals surface area contributed by atoms with Crippen LogP contribution in [0.3, 0.4) is 0 Å². The third-order valence-electron chi connectivity index (χ3n) is 5.25. The van der Waals surface area contributed by atoms with Crippen molar-refractivity contribution in [1.29, 1.82) is 0 Å². The van der Waals surface area contributed by atoms with Gasteiger partial charge in [-0.25, -0.2) is 22.0 Å². The topological polar surface area (TPSA) is 9.23 Å². The molecule has 0 amide bonds. The average molecular weight is 390 g/mol. The van der Waals surface area contributed by atoms with Crippen LogP contribution in [-0.4, -0.2) is 43.1 Å². The van der Waals surface area contributed by atoms with Crippen LogP contribution in [0.25, 0.3) is 0 Å². The van der Waals surface area contributed by atoms with Crippen LogP contribution in [0.15, 0.2) is 12.2 Å². The standard InChI is InChI=1S/C18H25F7O/c1-2-3-4-5-10-6-12(19)16(13(20)7-10)18(24,25)26-11-8-14(21)17(23)15(22)9-11/h2-3,10-17H,4-9H2,1H3/b3-2+. The van der Waals surface area contributed by atoms with Crippen LogP contribution in [0.5, 0.6) is 0 Å². The highest BCUT2D eigenvalue weighted by atomic mass is 19.3. The van der Waals surface area contributed by atoms with E-state index in [2.05, 4.69) is 4.74 Å². The Morgan fingerprint density at radius 1 is 0.885 bits per heavy atom. The Morgan fingerprint density at radius 3 is 1.92 bits per heavy atom. The number of allylic oxidation sites excluding steroid dienone is 2. The number of ether oxygens (including phenoxy) is 1. The van der Waals surface area contributed by atoms with Crippen molar-refractivity contribution in [3.63, 3.8) is 0 Å². The zero-order chi connectivity index (χ0) is 19.5. The minimum absolute atomic E-state index is 0.212. The molecular weight excluding hydrogens is 365 g/mol. The van der Waals surface area contributed by atoms with E-state index in [-0.39, 0.29) is 18.8 Å². The summed E-state index contributed by atoms with van der Waals surface area (Å²) in [7, 11) is 0. The van der Waals surface area contributed by atoms with Crippen molar-refractivity contribution < 1.29 is 35.5 Å². The fourth-order valence-corrected chi connectivity index (χ4v) is 3.89. The molecule has 4 unspecified atom stereocenters. The van der Waals surface area contributed by atoms with Crippen molar-refractivity contribution in [2.24, 2.45) is 11.8 Å². The fourth-order valence-electron chi connectivity index (χ4n) is 3.89. The molecule has 4 atom stereocenters. The van der Waals surface area contributed by atoms with Crippen molar-refractivity contribution in [3.8, 4) is 0 Å². The lowest BCUT2D eigenvalue weighted by Crippen LogP contribution is -2.51. The normalized spacial score (nSPS) is 42.3. The van der Waals surface area contributed by atoms with E-state index >= 15 is 0 Å². The van der Waals surface area contributed by atoms with E-state index in [1.54, 1.807) is 6.08 Å². The Morgan fingerprint density at radius 2 is 1.42 bits per heavy atom. The summed E-state index contributed by atoms with van der Waals surface area (Å²) in [4.78, 5) is 0. The lowest BCUT2D eigenvalue weighted by Gasteiger charge is -2.40. The first-order valence-electron chi connectivity index (χ1n) is 9.02. The molecule has 0 N–H and O–H groups in total. The molecule has 0 spiro atoms. The highest BCUT2D eigenvalue weighted by Crippen LogP contribution is 2.45. The van der Waals surface area contributed by atoms with Crippen LogP contribution in [0.4, 0.5) is 30.7 Å². The summed E-state index contributed by atoms with van der Waals surface area (Å²) in [6, 6.07) is 0. The molecule has 2 rings (SSSR count). The van der Waals surface area contributed by atoms with Crippen LogP contribution in [0.2, 0.25) is 0 Å². The summed E-state index contributed by atoms with van der Waals surface area (Å²) >= 11 is 0. The van der Waals surface area contributed by atoms with Crippen LogP contribution in [0.1, 0.15) is 45.4 Å². The number of alkyl halides is 7. The molecule has 2 fully saturated rings. The largest absolute Gasteiger partial charge is 0.364 e. The predicted octanol–water partition coefficient (Wildman–Crippen LogP) is 5.83. The molecule has 0 aromatic carbocycles. The maximum atomic E-state index is 14.3. The van der Waals surface area contributed by atoms with Gasteiger partial charge in [0.25, 0.3) is 0 Å². The molecule has 2 saturated carbocycles. The minimum Gasteiger partial charge on any atom is -0.317 e. The smallest absolute Gasteiger partial charge is 0.317 e. The zero-order valence-corrected chi connectivity index (χ0v) is 14.6. The van der Waals surface area contributed by atoms with Gasteiger partial charge in [-0.15, -0.1) is 0 Å². The van der Waals surface area contributed by atoms with Gasteiger partial charge in [0.2, 0.25) is 0 Å². The number of rotatable bonds is 6. The van der Waals surface area contributed by atoms with Gasteiger partial charge in [0, 0.05) is 12.8 Å². The van der Waals surface area contributed by atoms with Crippen LogP contribution < -0.4 is 0 Å². The van der Waals surface area contributed by atoms with Gasteiger partial charge in [-0.05, 0) is 38.5 Å². The Labute approximate surface area is 149 Å². The van der Waals surface area contributed by atoms with E-state index < -0.39 is 61.8 Å².